The highest BCUT2D eigenvalue weighted by atomic mass is 32.1. The van der Waals surface area contributed by atoms with Gasteiger partial charge in [-0.2, -0.15) is 0 Å². The van der Waals surface area contributed by atoms with Gasteiger partial charge >= 0.3 is 11.0 Å². The molecule has 0 aliphatic heterocycles. The Kier molecular flexibility index (Phi) is 4.14. The van der Waals surface area contributed by atoms with E-state index >= 15 is 0 Å². The number of nitro groups is 1. The molecule has 2 heterocycles. The fourth-order valence-electron chi connectivity index (χ4n) is 1.66. The third-order valence-corrected chi connectivity index (χ3v) is 3.56. The molecule has 2 aromatic heterocycles. The molecular weight excluding hydrogens is 284 g/mol. The summed E-state index contributed by atoms with van der Waals surface area (Å²) < 4.78 is 10.0. The molecule has 0 unspecified atom stereocenters. The summed E-state index contributed by atoms with van der Waals surface area (Å²) in [6.45, 7) is 1.95. The number of thiophene rings is 1. The van der Waals surface area contributed by atoms with Gasteiger partial charge in [-0.15, -0.1) is 0 Å². The fraction of sp³-hybridized carbons (Fsp3) is 0.333. The van der Waals surface area contributed by atoms with Crippen molar-refractivity contribution in [1.29, 1.82) is 0 Å². The van der Waals surface area contributed by atoms with Gasteiger partial charge in [0.2, 0.25) is 11.7 Å². The lowest BCUT2D eigenvalue weighted by Gasteiger charge is -1.96. The molecule has 2 aromatic rings. The van der Waals surface area contributed by atoms with Gasteiger partial charge in [-0.25, -0.2) is 9.78 Å². The van der Waals surface area contributed by atoms with E-state index < -0.39 is 10.9 Å². The Balaban J connectivity index is 2.41. The monoisotopic (exact) mass is 296 g/mol. The van der Waals surface area contributed by atoms with E-state index in [0.717, 1.165) is 17.8 Å². The van der Waals surface area contributed by atoms with Gasteiger partial charge in [0, 0.05) is 6.07 Å². The number of carbonyl (C=O) groups is 1. The molecule has 0 saturated carbocycles. The van der Waals surface area contributed by atoms with Crippen molar-refractivity contribution < 1.29 is 18.9 Å². The first-order valence-electron chi connectivity index (χ1n) is 5.89. The highest BCUT2D eigenvalue weighted by Crippen LogP contribution is 2.33. The van der Waals surface area contributed by atoms with E-state index in [4.69, 9.17) is 4.42 Å². The smallest absolute Gasteiger partial charge is 0.376 e. The molecule has 0 fully saturated rings. The van der Waals surface area contributed by atoms with Crippen LogP contribution in [-0.4, -0.2) is 23.0 Å². The first-order chi connectivity index (χ1) is 9.56. The SMILES string of the molecule is CCCc1nc(-c2ccc([N+](=O)[O-])s2)oc1C(=O)OC. The number of aryl methyl sites for hydroxylation is 1. The Labute approximate surface area is 118 Å². The van der Waals surface area contributed by atoms with Crippen LogP contribution in [0.4, 0.5) is 5.00 Å². The summed E-state index contributed by atoms with van der Waals surface area (Å²) in [6, 6.07) is 2.92. The second-order valence-electron chi connectivity index (χ2n) is 3.93. The van der Waals surface area contributed by atoms with Crippen LogP contribution in [0.1, 0.15) is 29.6 Å². The zero-order chi connectivity index (χ0) is 14.7. The maximum atomic E-state index is 11.6. The van der Waals surface area contributed by atoms with Gasteiger partial charge in [0.25, 0.3) is 0 Å². The minimum absolute atomic E-state index is 0.00476. The topological polar surface area (TPSA) is 95.5 Å². The summed E-state index contributed by atoms with van der Waals surface area (Å²) in [5.74, 6) is -0.342. The lowest BCUT2D eigenvalue weighted by atomic mass is 10.2. The fourth-order valence-corrected chi connectivity index (χ4v) is 2.40. The molecule has 8 heteroatoms. The minimum atomic E-state index is -0.599. The van der Waals surface area contributed by atoms with E-state index in [9.17, 15) is 14.9 Å². The highest BCUT2D eigenvalue weighted by Gasteiger charge is 2.23. The molecule has 106 valence electrons. The molecule has 0 saturated heterocycles. The number of hydrogen-bond acceptors (Lipinski definition) is 7. The van der Waals surface area contributed by atoms with E-state index in [-0.39, 0.29) is 16.7 Å². The number of oxazole rings is 1. The van der Waals surface area contributed by atoms with Crippen molar-refractivity contribution in [1.82, 2.24) is 4.98 Å². The number of carbonyl (C=O) groups excluding carboxylic acids is 1. The van der Waals surface area contributed by atoms with E-state index in [2.05, 4.69) is 9.72 Å². The number of methoxy groups -OCH3 is 1. The maximum Gasteiger partial charge on any atom is 0.376 e. The summed E-state index contributed by atoms with van der Waals surface area (Å²) >= 11 is 0.946. The van der Waals surface area contributed by atoms with Crippen LogP contribution >= 0.6 is 11.3 Å². The number of aromatic nitrogens is 1. The van der Waals surface area contributed by atoms with Crippen LogP contribution in [0.15, 0.2) is 16.5 Å². The van der Waals surface area contributed by atoms with E-state index in [1.807, 2.05) is 6.92 Å². The molecule has 0 bridgehead atoms. The van der Waals surface area contributed by atoms with Crippen molar-refractivity contribution >= 4 is 22.3 Å². The van der Waals surface area contributed by atoms with Crippen LogP contribution in [-0.2, 0) is 11.2 Å². The summed E-state index contributed by atoms with van der Waals surface area (Å²) in [6.07, 6.45) is 1.36. The first-order valence-corrected chi connectivity index (χ1v) is 6.71. The minimum Gasteiger partial charge on any atom is -0.463 e. The number of esters is 1. The molecule has 7 nitrogen and oxygen atoms in total. The van der Waals surface area contributed by atoms with Crippen LogP contribution in [0.2, 0.25) is 0 Å². The second-order valence-corrected chi connectivity index (χ2v) is 4.99. The second kappa shape index (κ2) is 5.83. The normalized spacial score (nSPS) is 10.5. The van der Waals surface area contributed by atoms with Crippen molar-refractivity contribution in [2.75, 3.05) is 7.11 Å². The molecule has 0 aliphatic carbocycles. The molecular formula is C12H12N2O5S. The summed E-state index contributed by atoms with van der Waals surface area (Å²) in [4.78, 5) is 26.5. The molecule has 0 aliphatic rings. The van der Waals surface area contributed by atoms with Gasteiger partial charge in [0.05, 0.1) is 22.6 Å². The molecule has 0 atom stereocenters. The van der Waals surface area contributed by atoms with Crippen LogP contribution < -0.4 is 0 Å². The Morgan fingerprint density at radius 3 is 2.85 bits per heavy atom. The largest absolute Gasteiger partial charge is 0.463 e. The van der Waals surface area contributed by atoms with E-state index in [0.29, 0.717) is 17.0 Å². The lowest BCUT2D eigenvalue weighted by molar-refractivity contribution is -0.380. The molecule has 2 rings (SSSR count). The van der Waals surface area contributed by atoms with Gasteiger partial charge in [-0.3, -0.25) is 10.1 Å². The number of ether oxygens (including phenoxy) is 1. The van der Waals surface area contributed by atoms with E-state index in [1.165, 1.54) is 13.2 Å². The Bertz CT molecular complexity index is 646. The molecule has 0 N–H and O–H groups in total. The van der Waals surface area contributed by atoms with Gasteiger partial charge < -0.3 is 9.15 Å². The molecule has 0 radical (unpaired) electrons. The van der Waals surface area contributed by atoms with Gasteiger partial charge in [0.1, 0.15) is 0 Å². The van der Waals surface area contributed by atoms with Crippen molar-refractivity contribution in [2.45, 2.75) is 19.8 Å². The maximum absolute atomic E-state index is 11.6. The van der Waals surface area contributed by atoms with Crippen molar-refractivity contribution in [3.05, 3.63) is 33.7 Å². The molecule has 0 amide bonds. The van der Waals surface area contributed by atoms with Gasteiger partial charge in [-0.05, 0) is 12.5 Å². The average molecular weight is 296 g/mol. The van der Waals surface area contributed by atoms with Gasteiger partial charge in [0.15, 0.2) is 0 Å². The zero-order valence-corrected chi connectivity index (χ0v) is 11.7. The average Bonchev–Trinajstić information content (AvgIpc) is 3.04. The Morgan fingerprint density at radius 1 is 1.55 bits per heavy atom. The molecule has 20 heavy (non-hydrogen) atoms. The molecule has 0 aromatic carbocycles. The van der Waals surface area contributed by atoms with Crippen molar-refractivity contribution in [3.63, 3.8) is 0 Å². The van der Waals surface area contributed by atoms with Gasteiger partial charge in [-0.1, -0.05) is 24.7 Å². The number of rotatable bonds is 5. The predicted molar refractivity (Wildman–Crippen MR) is 71.8 cm³/mol. The van der Waals surface area contributed by atoms with Crippen molar-refractivity contribution in [3.8, 4) is 10.8 Å². The summed E-state index contributed by atoms with van der Waals surface area (Å²) in [5, 5.41) is 10.7. The number of hydrogen-bond donors (Lipinski definition) is 0. The van der Waals surface area contributed by atoms with E-state index in [1.54, 1.807) is 6.07 Å². The van der Waals surface area contributed by atoms with Crippen LogP contribution in [0.3, 0.4) is 0 Å². The zero-order valence-electron chi connectivity index (χ0n) is 10.9. The standard InChI is InChI=1S/C12H12N2O5S/c1-3-4-7-10(12(15)18-2)19-11(13-7)8-5-6-9(20-8)14(16)17/h5-6H,3-4H2,1-2H3. The Morgan fingerprint density at radius 2 is 2.30 bits per heavy atom. The number of nitrogens with zero attached hydrogens (tertiary/aromatic N) is 2. The summed E-state index contributed by atoms with van der Waals surface area (Å²) in [5.41, 5.74) is 0.505. The van der Waals surface area contributed by atoms with Crippen molar-refractivity contribution in [2.24, 2.45) is 0 Å². The van der Waals surface area contributed by atoms with Crippen LogP contribution in [0, 0.1) is 10.1 Å². The third kappa shape index (κ3) is 2.69. The quantitative estimate of drug-likeness (QED) is 0.478. The lowest BCUT2D eigenvalue weighted by Crippen LogP contribution is -2.03. The van der Waals surface area contributed by atoms with Crippen LogP contribution in [0.25, 0.3) is 10.8 Å². The third-order valence-electron chi connectivity index (χ3n) is 2.54. The Hall–Kier alpha value is -2.22. The van der Waals surface area contributed by atoms with Crippen LogP contribution in [0.5, 0.6) is 0 Å². The molecule has 0 spiro atoms. The predicted octanol–water partition coefficient (Wildman–Crippen LogP) is 3.05. The first kappa shape index (κ1) is 14.2. The highest BCUT2D eigenvalue weighted by molar-refractivity contribution is 7.18. The summed E-state index contributed by atoms with van der Waals surface area (Å²) in [7, 11) is 1.26.